The van der Waals surface area contributed by atoms with Crippen LogP contribution in [0.15, 0.2) is 30.3 Å². The average molecular weight is 247 g/mol. The molecule has 1 amide bonds. The van der Waals surface area contributed by atoms with E-state index in [9.17, 15) is 4.79 Å². The first kappa shape index (κ1) is 14.5. The topological polar surface area (TPSA) is 29.5 Å². The molecule has 0 aliphatic heterocycles. The first-order valence-electron chi connectivity index (χ1n) is 6.12. The van der Waals surface area contributed by atoms with E-state index in [0.29, 0.717) is 13.2 Å². The number of aryl methyl sites for hydroxylation is 1. The molecule has 0 saturated carbocycles. The average Bonchev–Trinajstić information content (AvgIpc) is 2.36. The van der Waals surface area contributed by atoms with Crippen molar-refractivity contribution in [1.82, 2.24) is 4.90 Å². The Bertz CT molecular complexity index is 413. The molecule has 0 unspecified atom stereocenters. The minimum atomic E-state index is 0.0209. The van der Waals surface area contributed by atoms with Crippen LogP contribution in [0.4, 0.5) is 0 Å². The van der Waals surface area contributed by atoms with Crippen molar-refractivity contribution in [2.75, 3.05) is 27.3 Å². The first-order valence-corrected chi connectivity index (χ1v) is 6.12. The van der Waals surface area contributed by atoms with Crippen LogP contribution in [0.3, 0.4) is 0 Å². The third-order valence-electron chi connectivity index (χ3n) is 2.68. The summed E-state index contributed by atoms with van der Waals surface area (Å²) in [6, 6.07) is 8.06. The minimum absolute atomic E-state index is 0.0209. The molecule has 3 heteroatoms. The summed E-state index contributed by atoms with van der Waals surface area (Å²) in [7, 11) is 3.47. The minimum Gasteiger partial charge on any atom is -0.385 e. The number of nitrogens with zero attached hydrogens (tertiary/aromatic N) is 1. The number of carbonyl (C=O) groups is 1. The summed E-state index contributed by atoms with van der Waals surface area (Å²) in [6.45, 7) is 3.43. The van der Waals surface area contributed by atoms with E-state index in [0.717, 1.165) is 12.0 Å². The largest absolute Gasteiger partial charge is 0.385 e. The van der Waals surface area contributed by atoms with Crippen LogP contribution < -0.4 is 0 Å². The molecular formula is C15H21NO2. The zero-order chi connectivity index (χ0) is 13.4. The molecular weight excluding hydrogens is 226 g/mol. The molecule has 0 N–H and O–H groups in total. The molecule has 3 nitrogen and oxygen atoms in total. The lowest BCUT2D eigenvalue weighted by molar-refractivity contribution is -0.124. The van der Waals surface area contributed by atoms with Crippen molar-refractivity contribution in [3.63, 3.8) is 0 Å². The molecule has 1 rings (SSSR count). The number of hydrogen-bond acceptors (Lipinski definition) is 2. The van der Waals surface area contributed by atoms with Gasteiger partial charge in [0.1, 0.15) is 0 Å². The number of rotatable bonds is 6. The number of methoxy groups -OCH3 is 1. The predicted molar refractivity (Wildman–Crippen MR) is 74.3 cm³/mol. The predicted octanol–water partition coefficient (Wildman–Crippen LogP) is 2.50. The number of ether oxygens (including phenoxy) is 1. The standard InChI is InChI=1S/C15H21NO2/c1-13-6-4-7-14(12-13)8-9-15(17)16(2)10-5-11-18-3/h4,6-9,12H,5,10-11H2,1-3H3/b9-8+. The molecule has 0 aromatic heterocycles. The van der Waals surface area contributed by atoms with Crippen LogP contribution in [-0.4, -0.2) is 38.1 Å². The summed E-state index contributed by atoms with van der Waals surface area (Å²) in [5.74, 6) is 0.0209. The molecule has 0 atom stereocenters. The third kappa shape index (κ3) is 5.15. The summed E-state index contributed by atoms with van der Waals surface area (Å²) in [5.41, 5.74) is 2.24. The van der Waals surface area contributed by atoms with E-state index in [1.807, 2.05) is 31.2 Å². The molecule has 1 aromatic carbocycles. The zero-order valence-electron chi connectivity index (χ0n) is 11.3. The number of hydrogen-bond donors (Lipinski definition) is 0. The van der Waals surface area contributed by atoms with Crippen LogP contribution in [-0.2, 0) is 9.53 Å². The van der Waals surface area contributed by atoms with Gasteiger partial charge in [-0.3, -0.25) is 4.79 Å². The Morgan fingerprint density at radius 3 is 2.89 bits per heavy atom. The normalized spacial score (nSPS) is 10.8. The van der Waals surface area contributed by atoms with E-state index >= 15 is 0 Å². The smallest absolute Gasteiger partial charge is 0.246 e. The lowest BCUT2D eigenvalue weighted by Gasteiger charge is -2.14. The van der Waals surface area contributed by atoms with Gasteiger partial charge in [-0.1, -0.05) is 29.8 Å². The van der Waals surface area contributed by atoms with Crippen molar-refractivity contribution >= 4 is 12.0 Å². The molecule has 0 bridgehead atoms. The maximum Gasteiger partial charge on any atom is 0.246 e. The van der Waals surface area contributed by atoms with Crippen molar-refractivity contribution in [3.8, 4) is 0 Å². The zero-order valence-corrected chi connectivity index (χ0v) is 11.3. The van der Waals surface area contributed by atoms with Crippen LogP contribution >= 0.6 is 0 Å². The fraction of sp³-hybridized carbons (Fsp3) is 0.400. The second kappa shape index (κ2) is 7.67. The molecule has 98 valence electrons. The Hall–Kier alpha value is -1.61. The van der Waals surface area contributed by atoms with Gasteiger partial charge < -0.3 is 9.64 Å². The van der Waals surface area contributed by atoms with Gasteiger partial charge in [-0.2, -0.15) is 0 Å². The summed E-state index contributed by atoms with van der Waals surface area (Å²) >= 11 is 0. The number of likely N-dealkylation sites (N-methyl/N-ethyl adjacent to an activating group) is 1. The molecule has 1 aromatic rings. The van der Waals surface area contributed by atoms with Gasteiger partial charge in [0, 0.05) is 33.4 Å². The highest BCUT2D eigenvalue weighted by molar-refractivity contribution is 5.91. The Morgan fingerprint density at radius 2 is 2.22 bits per heavy atom. The van der Waals surface area contributed by atoms with Crippen LogP contribution in [0.25, 0.3) is 6.08 Å². The number of amides is 1. The summed E-state index contributed by atoms with van der Waals surface area (Å²) in [4.78, 5) is 13.5. The highest BCUT2D eigenvalue weighted by Gasteiger charge is 2.03. The van der Waals surface area contributed by atoms with E-state index in [4.69, 9.17) is 4.74 Å². The highest BCUT2D eigenvalue weighted by atomic mass is 16.5. The second-order valence-electron chi connectivity index (χ2n) is 4.35. The monoisotopic (exact) mass is 247 g/mol. The fourth-order valence-electron chi connectivity index (χ4n) is 1.62. The van der Waals surface area contributed by atoms with Gasteiger partial charge in [0.05, 0.1) is 0 Å². The van der Waals surface area contributed by atoms with Crippen molar-refractivity contribution in [2.24, 2.45) is 0 Å². The van der Waals surface area contributed by atoms with Gasteiger partial charge in [0.25, 0.3) is 0 Å². The lowest BCUT2D eigenvalue weighted by atomic mass is 10.1. The Balaban J connectivity index is 2.48. The number of benzene rings is 1. The quantitative estimate of drug-likeness (QED) is 0.571. The van der Waals surface area contributed by atoms with Crippen molar-refractivity contribution in [2.45, 2.75) is 13.3 Å². The molecule has 18 heavy (non-hydrogen) atoms. The van der Waals surface area contributed by atoms with Gasteiger partial charge in [0.15, 0.2) is 0 Å². The van der Waals surface area contributed by atoms with Gasteiger partial charge in [-0.05, 0) is 25.0 Å². The molecule has 0 aliphatic rings. The molecule has 0 spiro atoms. The Kier molecular flexibility index (Phi) is 6.15. The lowest BCUT2D eigenvalue weighted by Crippen LogP contribution is -2.26. The second-order valence-corrected chi connectivity index (χ2v) is 4.35. The van der Waals surface area contributed by atoms with E-state index < -0.39 is 0 Å². The molecule has 0 aliphatic carbocycles. The van der Waals surface area contributed by atoms with E-state index in [2.05, 4.69) is 6.07 Å². The van der Waals surface area contributed by atoms with E-state index in [1.54, 1.807) is 25.1 Å². The van der Waals surface area contributed by atoms with Gasteiger partial charge in [-0.25, -0.2) is 0 Å². The summed E-state index contributed by atoms with van der Waals surface area (Å²) < 4.78 is 4.96. The van der Waals surface area contributed by atoms with Crippen molar-refractivity contribution in [1.29, 1.82) is 0 Å². The van der Waals surface area contributed by atoms with E-state index in [-0.39, 0.29) is 5.91 Å². The fourth-order valence-corrected chi connectivity index (χ4v) is 1.62. The summed E-state index contributed by atoms with van der Waals surface area (Å²) in [6.07, 6.45) is 4.32. The van der Waals surface area contributed by atoms with Gasteiger partial charge >= 0.3 is 0 Å². The first-order chi connectivity index (χ1) is 8.63. The molecule has 0 radical (unpaired) electrons. The Morgan fingerprint density at radius 1 is 1.44 bits per heavy atom. The van der Waals surface area contributed by atoms with Crippen molar-refractivity contribution in [3.05, 3.63) is 41.5 Å². The van der Waals surface area contributed by atoms with Crippen molar-refractivity contribution < 1.29 is 9.53 Å². The van der Waals surface area contributed by atoms with Crippen LogP contribution in [0, 0.1) is 6.92 Å². The maximum atomic E-state index is 11.8. The molecule has 0 fully saturated rings. The van der Waals surface area contributed by atoms with Crippen LogP contribution in [0.1, 0.15) is 17.5 Å². The van der Waals surface area contributed by atoms with Gasteiger partial charge in [-0.15, -0.1) is 0 Å². The molecule has 0 heterocycles. The van der Waals surface area contributed by atoms with Crippen LogP contribution in [0.5, 0.6) is 0 Å². The SMILES string of the molecule is COCCCN(C)C(=O)/C=C/c1cccc(C)c1. The van der Waals surface area contributed by atoms with Crippen LogP contribution in [0.2, 0.25) is 0 Å². The number of carbonyl (C=O) groups excluding carboxylic acids is 1. The van der Waals surface area contributed by atoms with Gasteiger partial charge in [0.2, 0.25) is 5.91 Å². The summed E-state index contributed by atoms with van der Waals surface area (Å²) in [5, 5.41) is 0. The maximum absolute atomic E-state index is 11.8. The highest BCUT2D eigenvalue weighted by Crippen LogP contribution is 2.06. The Labute approximate surface area is 109 Å². The van der Waals surface area contributed by atoms with E-state index in [1.165, 1.54) is 5.56 Å². The third-order valence-corrected chi connectivity index (χ3v) is 2.68. The molecule has 0 saturated heterocycles.